The van der Waals surface area contributed by atoms with E-state index in [0.717, 1.165) is 18.4 Å². The molecule has 3 nitrogen and oxygen atoms in total. The van der Waals surface area contributed by atoms with Gasteiger partial charge < -0.3 is 5.11 Å². The predicted molar refractivity (Wildman–Crippen MR) is 77.6 cm³/mol. The SMILES string of the molecule is CCCCC(=O)C[C@H](O)CS(=O)c1ccc(C)cc1. The van der Waals surface area contributed by atoms with Crippen molar-refractivity contribution in [2.45, 2.75) is 50.5 Å². The Morgan fingerprint density at radius 2 is 1.95 bits per heavy atom. The molecule has 19 heavy (non-hydrogen) atoms. The summed E-state index contributed by atoms with van der Waals surface area (Å²) in [6.07, 6.45) is 1.62. The summed E-state index contributed by atoms with van der Waals surface area (Å²) in [6, 6.07) is 7.40. The van der Waals surface area contributed by atoms with Crippen molar-refractivity contribution in [3.63, 3.8) is 0 Å². The molecule has 1 rings (SSSR count). The number of carbonyl (C=O) groups is 1. The predicted octanol–water partition coefficient (Wildman–Crippen LogP) is 2.61. The molecule has 0 saturated heterocycles. The summed E-state index contributed by atoms with van der Waals surface area (Å²) in [6.45, 7) is 3.99. The number of Topliss-reactive ketones (excluding diaryl/α,β-unsaturated/α-hetero) is 1. The fourth-order valence-electron chi connectivity index (χ4n) is 1.76. The molecule has 0 amide bonds. The van der Waals surface area contributed by atoms with Crippen LogP contribution in [-0.2, 0) is 15.6 Å². The van der Waals surface area contributed by atoms with Crippen molar-refractivity contribution in [1.29, 1.82) is 0 Å². The summed E-state index contributed by atoms with van der Waals surface area (Å²) in [5.74, 6) is 0.177. The van der Waals surface area contributed by atoms with Gasteiger partial charge in [0, 0.05) is 17.7 Å². The monoisotopic (exact) mass is 282 g/mol. The summed E-state index contributed by atoms with van der Waals surface area (Å²) >= 11 is 0. The van der Waals surface area contributed by atoms with Gasteiger partial charge in [0.05, 0.1) is 22.7 Å². The van der Waals surface area contributed by atoms with Gasteiger partial charge in [0.25, 0.3) is 0 Å². The molecule has 4 heteroatoms. The van der Waals surface area contributed by atoms with E-state index in [9.17, 15) is 14.1 Å². The highest BCUT2D eigenvalue weighted by Crippen LogP contribution is 2.11. The number of aliphatic hydroxyl groups excluding tert-OH is 1. The molecule has 1 unspecified atom stereocenters. The minimum absolute atomic E-state index is 0.0512. The lowest BCUT2D eigenvalue weighted by Gasteiger charge is -2.09. The molecule has 0 saturated carbocycles. The van der Waals surface area contributed by atoms with E-state index < -0.39 is 16.9 Å². The molecule has 1 N–H and O–H groups in total. The molecule has 0 aliphatic heterocycles. The van der Waals surface area contributed by atoms with Crippen molar-refractivity contribution >= 4 is 16.6 Å². The van der Waals surface area contributed by atoms with Crippen LogP contribution in [0.3, 0.4) is 0 Å². The number of carbonyl (C=O) groups excluding carboxylic acids is 1. The van der Waals surface area contributed by atoms with Crippen LogP contribution in [0.5, 0.6) is 0 Å². The standard InChI is InChI=1S/C15H22O3S/c1-3-4-5-13(16)10-14(17)11-19(18)15-8-6-12(2)7-9-15/h6-9,14,17H,3-5,10-11H2,1-2H3/t14-,19?/m0/s1. The van der Waals surface area contributed by atoms with Crippen molar-refractivity contribution in [2.75, 3.05) is 5.75 Å². The van der Waals surface area contributed by atoms with E-state index in [1.54, 1.807) is 12.1 Å². The Kier molecular flexibility index (Phi) is 6.95. The van der Waals surface area contributed by atoms with Crippen LogP contribution in [0.25, 0.3) is 0 Å². The largest absolute Gasteiger partial charge is 0.392 e. The molecule has 0 aliphatic rings. The van der Waals surface area contributed by atoms with Crippen LogP contribution in [0.15, 0.2) is 29.2 Å². The maximum Gasteiger partial charge on any atom is 0.135 e. The lowest BCUT2D eigenvalue weighted by Crippen LogP contribution is -2.20. The van der Waals surface area contributed by atoms with Gasteiger partial charge in [0.2, 0.25) is 0 Å². The Hall–Kier alpha value is -1.00. The van der Waals surface area contributed by atoms with Crippen molar-refractivity contribution in [3.05, 3.63) is 29.8 Å². The summed E-state index contributed by atoms with van der Waals surface area (Å²) in [7, 11) is -1.25. The Balaban J connectivity index is 2.43. The fraction of sp³-hybridized carbons (Fsp3) is 0.533. The van der Waals surface area contributed by atoms with Crippen LogP contribution in [0.4, 0.5) is 0 Å². The first kappa shape index (κ1) is 16.1. The van der Waals surface area contributed by atoms with Crippen LogP contribution in [-0.4, -0.2) is 27.0 Å². The van der Waals surface area contributed by atoms with Crippen LogP contribution < -0.4 is 0 Å². The number of unbranched alkanes of at least 4 members (excludes halogenated alkanes) is 1. The van der Waals surface area contributed by atoms with Crippen molar-refractivity contribution < 1.29 is 14.1 Å². The van der Waals surface area contributed by atoms with Crippen LogP contribution in [0.1, 0.15) is 38.2 Å². The first-order valence-electron chi connectivity index (χ1n) is 6.67. The lowest BCUT2D eigenvalue weighted by atomic mass is 10.1. The number of hydrogen-bond donors (Lipinski definition) is 1. The van der Waals surface area contributed by atoms with Gasteiger partial charge >= 0.3 is 0 Å². The molecule has 2 atom stereocenters. The zero-order valence-corrected chi connectivity index (χ0v) is 12.4. The molecule has 1 aromatic carbocycles. The van der Waals surface area contributed by atoms with Crippen LogP contribution in [0.2, 0.25) is 0 Å². The molecule has 0 aliphatic carbocycles. The average molecular weight is 282 g/mol. The molecule has 1 aromatic rings. The van der Waals surface area contributed by atoms with Gasteiger partial charge in [-0.2, -0.15) is 0 Å². The molecule has 0 heterocycles. The van der Waals surface area contributed by atoms with E-state index in [4.69, 9.17) is 0 Å². The van der Waals surface area contributed by atoms with Crippen molar-refractivity contribution in [3.8, 4) is 0 Å². The molecule has 0 fully saturated rings. The van der Waals surface area contributed by atoms with E-state index in [2.05, 4.69) is 0 Å². The summed E-state index contributed by atoms with van der Waals surface area (Å²) in [5.41, 5.74) is 1.11. The van der Waals surface area contributed by atoms with Crippen LogP contribution in [0, 0.1) is 6.92 Å². The minimum Gasteiger partial charge on any atom is -0.392 e. The smallest absolute Gasteiger partial charge is 0.135 e. The maximum atomic E-state index is 12.0. The third-order valence-electron chi connectivity index (χ3n) is 2.90. The van der Waals surface area contributed by atoms with Gasteiger partial charge in [-0.1, -0.05) is 31.0 Å². The van der Waals surface area contributed by atoms with Gasteiger partial charge in [-0.15, -0.1) is 0 Å². The van der Waals surface area contributed by atoms with Gasteiger partial charge in [-0.25, -0.2) is 0 Å². The second-order valence-electron chi connectivity index (χ2n) is 4.83. The van der Waals surface area contributed by atoms with Gasteiger partial charge in [-0.3, -0.25) is 9.00 Å². The second-order valence-corrected chi connectivity index (χ2v) is 6.32. The number of benzene rings is 1. The van der Waals surface area contributed by atoms with E-state index in [1.807, 2.05) is 26.0 Å². The van der Waals surface area contributed by atoms with Crippen molar-refractivity contribution in [2.24, 2.45) is 0 Å². The van der Waals surface area contributed by atoms with Crippen molar-refractivity contribution in [1.82, 2.24) is 0 Å². The van der Waals surface area contributed by atoms with E-state index in [1.165, 1.54) is 0 Å². The summed E-state index contributed by atoms with van der Waals surface area (Å²) in [4.78, 5) is 12.2. The van der Waals surface area contributed by atoms with Gasteiger partial charge in [-0.05, 0) is 25.5 Å². The van der Waals surface area contributed by atoms with Gasteiger partial charge in [0.1, 0.15) is 5.78 Å². The second kappa shape index (κ2) is 8.23. The van der Waals surface area contributed by atoms with Crippen LogP contribution >= 0.6 is 0 Å². The first-order chi connectivity index (χ1) is 9.02. The molecular formula is C15H22O3S. The molecule has 0 aromatic heterocycles. The van der Waals surface area contributed by atoms with E-state index >= 15 is 0 Å². The number of aryl methyl sites for hydroxylation is 1. The quantitative estimate of drug-likeness (QED) is 0.797. The average Bonchev–Trinajstić information content (AvgIpc) is 2.36. The highest BCUT2D eigenvalue weighted by atomic mass is 32.2. The molecule has 0 spiro atoms. The minimum atomic E-state index is -1.25. The highest BCUT2D eigenvalue weighted by Gasteiger charge is 2.15. The van der Waals surface area contributed by atoms with E-state index in [-0.39, 0.29) is 18.0 Å². The zero-order chi connectivity index (χ0) is 14.3. The summed E-state index contributed by atoms with van der Waals surface area (Å²) in [5, 5.41) is 9.79. The zero-order valence-electron chi connectivity index (χ0n) is 11.6. The normalized spacial score (nSPS) is 14.1. The Morgan fingerprint density at radius 3 is 2.53 bits per heavy atom. The Labute approximate surface area is 117 Å². The first-order valence-corrected chi connectivity index (χ1v) is 7.99. The number of rotatable bonds is 8. The third kappa shape index (κ3) is 6.12. The molecule has 106 valence electrons. The Bertz CT molecular complexity index is 426. The number of hydrogen-bond acceptors (Lipinski definition) is 3. The Morgan fingerprint density at radius 1 is 1.32 bits per heavy atom. The lowest BCUT2D eigenvalue weighted by molar-refractivity contribution is -0.120. The topological polar surface area (TPSA) is 54.4 Å². The number of aliphatic hydroxyl groups is 1. The summed E-state index contributed by atoms with van der Waals surface area (Å²) < 4.78 is 12.0. The fourth-order valence-corrected chi connectivity index (χ4v) is 2.86. The maximum absolute atomic E-state index is 12.0. The number of ketones is 1. The third-order valence-corrected chi connectivity index (χ3v) is 4.39. The molecular weight excluding hydrogens is 260 g/mol. The highest BCUT2D eigenvalue weighted by molar-refractivity contribution is 7.85. The van der Waals surface area contributed by atoms with Gasteiger partial charge in [0.15, 0.2) is 0 Å². The van der Waals surface area contributed by atoms with E-state index in [0.29, 0.717) is 11.3 Å². The molecule has 0 radical (unpaired) electrons. The molecule has 0 bridgehead atoms.